The van der Waals surface area contributed by atoms with Crippen molar-refractivity contribution in [1.29, 1.82) is 0 Å². The second-order valence-corrected chi connectivity index (χ2v) is 7.81. The maximum Gasteiger partial charge on any atom is 0.203 e. The summed E-state index contributed by atoms with van der Waals surface area (Å²) in [6.45, 7) is 3.62. The number of methoxy groups -OCH3 is 3. The largest absolute Gasteiger partial charge is 0.493 e. The zero-order valence-electron chi connectivity index (χ0n) is 17.2. The van der Waals surface area contributed by atoms with Crippen LogP contribution in [0.2, 0.25) is 0 Å². The third-order valence-corrected chi connectivity index (χ3v) is 6.57. The Morgan fingerprint density at radius 2 is 1.89 bits per heavy atom. The van der Waals surface area contributed by atoms with Gasteiger partial charge in [0.1, 0.15) is 0 Å². The highest BCUT2D eigenvalue weighted by molar-refractivity contribution is 5.94. The molecule has 3 atom stereocenters. The highest BCUT2D eigenvalue weighted by atomic mass is 16.5. The van der Waals surface area contributed by atoms with Gasteiger partial charge in [-0.2, -0.15) is 0 Å². The van der Waals surface area contributed by atoms with E-state index in [2.05, 4.69) is 15.6 Å². The van der Waals surface area contributed by atoms with E-state index in [0.717, 1.165) is 24.7 Å². The van der Waals surface area contributed by atoms with Crippen LogP contribution < -0.4 is 24.8 Å². The number of benzene rings is 1. The first-order chi connectivity index (χ1) is 13.7. The fourth-order valence-corrected chi connectivity index (χ4v) is 5.17. The SMILES string of the molecule is CCN=C(Nc1cc(OC)c(OC)c(OC)c1)NC1C2CCOC2C12CCC2. The molecule has 3 aliphatic rings. The molecule has 1 heterocycles. The first kappa shape index (κ1) is 19.2. The fraction of sp³-hybridized carbons (Fsp3) is 0.667. The van der Waals surface area contributed by atoms with Gasteiger partial charge in [0.05, 0.1) is 27.4 Å². The minimum absolute atomic E-state index is 0.298. The molecule has 0 aromatic heterocycles. The fourth-order valence-electron chi connectivity index (χ4n) is 5.17. The molecule has 28 heavy (non-hydrogen) atoms. The van der Waals surface area contributed by atoms with E-state index in [0.29, 0.717) is 47.3 Å². The highest BCUT2D eigenvalue weighted by Crippen LogP contribution is 2.62. The van der Waals surface area contributed by atoms with Crippen molar-refractivity contribution in [1.82, 2.24) is 5.32 Å². The van der Waals surface area contributed by atoms with E-state index in [1.807, 2.05) is 19.1 Å². The van der Waals surface area contributed by atoms with Crippen molar-refractivity contribution >= 4 is 11.6 Å². The first-order valence-corrected chi connectivity index (χ1v) is 10.2. The normalized spacial score (nSPS) is 27.4. The molecule has 1 aromatic carbocycles. The molecule has 4 rings (SSSR count). The number of ether oxygens (including phenoxy) is 4. The Balaban J connectivity index is 1.54. The van der Waals surface area contributed by atoms with Crippen LogP contribution in [-0.2, 0) is 4.74 Å². The van der Waals surface area contributed by atoms with Gasteiger partial charge in [-0.1, -0.05) is 6.42 Å². The number of anilines is 1. The molecule has 0 radical (unpaired) electrons. The molecule has 2 saturated carbocycles. The molecule has 0 bridgehead atoms. The van der Waals surface area contributed by atoms with Crippen LogP contribution in [0.1, 0.15) is 32.6 Å². The summed E-state index contributed by atoms with van der Waals surface area (Å²) in [6, 6.07) is 4.22. The number of guanidine groups is 1. The second-order valence-electron chi connectivity index (χ2n) is 7.81. The van der Waals surface area contributed by atoms with Crippen LogP contribution >= 0.6 is 0 Å². The Kier molecular flexibility index (Phi) is 5.27. The number of nitrogens with one attached hydrogen (secondary N) is 2. The van der Waals surface area contributed by atoms with Gasteiger partial charge >= 0.3 is 0 Å². The predicted molar refractivity (Wildman–Crippen MR) is 109 cm³/mol. The molecule has 1 spiro atoms. The summed E-state index contributed by atoms with van der Waals surface area (Å²) in [5, 5.41) is 7.14. The van der Waals surface area contributed by atoms with Gasteiger partial charge in [-0.25, -0.2) is 0 Å². The third-order valence-electron chi connectivity index (χ3n) is 6.57. The quantitative estimate of drug-likeness (QED) is 0.576. The van der Waals surface area contributed by atoms with E-state index < -0.39 is 0 Å². The lowest BCUT2D eigenvalue weighted by Crippen LogP contribution is -2.72. The molecule has 1 aromatic rings. The molecular weight excluding hydrogens is 358 g/mol. The number of rotatable bonds is 6. The van der Waals surface area contributed by atoms with Crippen molar-refractivity contribution in [3.8, 4) is 17.2 Å². The summed E-state index contributed by atoms with van der Waals surface area (Å²) >= 11 is 0. The van der Waals surface area contributed by atoms with Crippen LogP contribution in [0, 0.1) is 11.3 Å². The smallest absolute Gasteiger partial charge is 0.203 e. The summed E-state index contributed by atoms with van der Waals surface area (Å²) in [4.78, 5) is 4.67. The van der Waals surface area contributed by atoms with Gasteiger partial charge in [-0.15, -0.1) is 0 Å². The van der Waals surface area contributed by atoms with Crippen molar-refractivity contribution < 1.29 is 18.9 Å². The minimum Gasteiger partial charge on any atom is -0.493 e. The van der Waals surface area contributed by atoms with Crippen molar-refractivity contribution in [3.63, 3.8) is 0 Å². The van der Waals surface area contributed by atoms with Crippen LogP contribution in [0.15, 0.2) is 17.1 Å². The van der Waals surface area contributed by atoms with E-state index in [9.17, 15) is 0 Å². The number of nitrogens with zero attached hydrogens (tertiary/aromatic N) is 1. The van der Waals surface area contributed by atoms with Crippen molar-refractivity contribution in [2.24, 2.45) is 16.3 Å². The van der Waals surface area contributed by atoms with Gasteiger partial charge in [0, 0.05) is 48.3 Å². The average molecular weight is 389 g/mol. The zero-order chi connectivity index (χ0) is 19.7. The summed E-state index contributed by atoms with van der Waals surface area (Å²) in [6.07, 6.45) is 5.35. The third kappa shape index (κ3) is 2.96. The van der Waals surface area contributed by atoms with E-state index in [-0.39, 0.29) is 0 Å². The monoisotopic (exact) mass is 389 g/mol. The Morgan fingerprint density at radius 1 is 1.18 bits per heavy atom. The number of aliphatic imine (C=N–C) groups is 1. The molecule has 7 nitrogen and oxygen atoms in total. The molecule has 0 amide bonds. The lowest BCUT2D eigenvalue weighted by Gasteiger charge is -2.63. The van der Waals surface area contributed by atoms with Crippen molar-refractivity contribution in [2.75, 3.05) is 39.8 Å². The zero-order valence-corrected chi connectivity index (χ0v) is 17.2. The Hall–Kier alpha value is -2.15. The van der Waals surface area contributed by atoms with Gasteiger partial charge in [0.15, 0.2) is 17.5 Å². The lowest BCUT2D eigenvalue weighted by molar-refractivity contribution is -0.171. The molecule has 3 unspecified atom stereocenters. The maximum atomic E-state index is 6.04. The van der Waals surface area contributed by atoms with E-state index in [4.69, 9.17) is 18.9 Å². The molecule has 7 heteroatoms. The van der Waals surface area contributed by atoms with E-state index in [1.165, 1.54) is 19.3 Å². The molecule has 1 saturated heterocycles. The standard InChI is InChI=1S/C21H31N3O4/c1-5-22-20(23-13-11-15(25-2)17(27-4)16(12-13)26-3)24-18-14-7-10-28-19(14)21(18)8-6-9-21/h11-12,14,18-19H,5-10H2,1-4H3,(H2,22,23,24). The van der Waals surface area contributed by atoms with E-state index in [1.54, 1.807) is 21.3 Å². The van der Waals surface area contributed by atoms with Crippen LogP contribution in [-0.4, -0.2) is 52.6 Å². The Morgan fingerprint density at radius 3 is 2.43 bits per heavy atom. The van der Waals surface area contributed by atoms with Crippen LogP contribution in [0.5, 0.6) is 17.2 Å². The molecule has 3 fully saturated rings. The molecule has 154 valence electrons. The van der Waals surface area contributed by atoms with Gasteiger partial charge in [0.2, 0.25) is 5.75 Å². The lowest BCUT2D eigenvalue weighted by atomic mass is 9.46. The topological polar surface area (TPSA) is 73.3 Å². The van der Waals surface area contributed by atoms with Crippen LogP contribution in [0.4, 0.5) is 5.69 Å². The van der Waals surface area contributed by atoms with Gasteiger partial charge in [-0.3, -0.25) is 4.99 Å². The van der Waals surface area contributed by atoms with Gasteiger partial charge < -0.3 is 29.6 Å². The highest BCUT2D eigenvalue weighted by Gasteiger charge is 2.66. The minimum atomic E-state index is 0.298. The molecule has 1 aliphatic heterocycles. The second kappa shape index (κ2) is 7.70. The predicted octanol–water partition coefficient (Wildman–Crippen LogP) is 3.05. The first-order valence-electron chi connectivity index (χ1n) is 10.2. The summed E-state index contributed by atoms with van der Waals surface area (Å²) in [5.74, 6) is 3.19. The van der Waals surface area contributed by atoms with Gasteiger partial charge in [0.25, 0.3) is 0 Å². The van der Waals surface area contributed by atoms with Crippen molar-refractivity contribution in [2.45, 2.75) is 44.8 Å². The van der Waals surface area contributed by atoms with Crippen LogP contribution in [0.3, 0.4) is 0 Å². The van der Waals surface area contributed by atoms with Gasteiger partial charge in [-0.05, 0) is 26.2 Å². The molecule has 2 N–H and O–H groups in total. The Bertz CT molecular complexity index is 722. The molecular formula is C21H31N3O4. The average Bonchev–Trinajstić information content (AvgIpc) is 3.09. The van der Waals surface area contributed by atoms with E-state index >= 15 is 0 Å². The van der Waals surface area contributed by atoms with Crippen molar-refractivity contribution in [3.05, 3.63) is 12.1 Å². The summed E-state index contributed by atoms with van der Waals surface area (Å²) in [5.41, 5.74) is 1.14. The number of fused-ring (bicyclic) bond motifs is 2. The maximum absolute atomic E-state index is 6.04. The number of hydrogen-bond donors (Lipinski definition) is 2. The van der Waals surface area contributed by atoms with Crippen LogP contribution in [0.25, 0.3) is 0 Å². The number of hydrogen-bond acceptors (Lipinski definition) is 5. The molecule has 2 aliphatic carbocycles. The Labute approximate surface area is 166 Å². The summed E-state index contributed by atoms with van der Waals surface area (Å²) in [7, 11) is 4.85. The summed E-state index contributed by atoms with van der Waals surface area (Å²) < 4.78 is 22.4.